The van der Waals surface area contributed by atoms with Gasteiger partial charge < -0.3 is 5.32 Å². The number of piperidine rings is 1. The van der Waals surface area contributed by atoms with E-state index in [4.69, 9.17) is 11.6 Å². The van der Waals surface area contributed by atoms with Gasteiger partial charge in [0.15, 0.2) is 0 Å². The monoisotopic (exact) mass is 299 g/mol. The van der Waals surface area contributed by atoms with Crippen molar-refractivity contribution in [3.8, 4) is 0 Å². The van der Waals surface area contributed by atoms with Crippen molar-refractivity contribution in [3.05, 3.63) is 34.3 Å². The van der Waals surface area contributed by atoms with Crippen LogP contribution in [0, 0.1) is 0 Å². The van der Waals surface area contributed by atoms with Crippen molar-refractivity contribution >= 4 is 24.0 Å². The van der Waals surface area contributed by atoms with Crippen LogP contribution < -0.4 is 5.32 Å². The molecule has 0 aromatic heterocycles. The first-order chi connectivity index (χ1) is 7.98. The van der Waals surface area contributed by atoms with Crippen molar-refractivity contribution < 1.29 is 13.2 Å². The lowest BCUT2D eigenvalue weighted by Gasteiger charge is -2.26. The first-order valence-corrected chi connectivity index (χ1v) is 5.96. The lowest BCUT2D eigenvalue weighted by molar-refractivity contribution is -0.138. The van der Waals surface area contributed by atoms with Gasteiger partial charge in [-0.1, -0.05) is 24.1 Å². The zero-order valence-electron chi connectivity index (χ0n) is 9.56. The van der Waals surface area contributed by atoms with Crippen LogP contribution in [-0.4, -0.2) is 6.54 Å². The van der Waals surface area contributed by atoms with Gasteiger partial charge in [-0.25, -0.2) is 0 Å². The summed E-state index contributed by atoms with van der Waals surface area (Å²) >= 11 is 5.64. The fraction of sp³-hybridized carbons (Fsp3) is 0.500. The fourth-order valence-corrected chi connectivity index (χ4v) is 2.37. The average Bonchev–Trinajstić information content (AvgIpc) is 2.29. The van der Waals surface area contributed by atoms with E-state index in [9.17, 15) is 13.2 Å². The van der Waals surface area contributed by atoms with E-state index in [2.05, 4.69) is 5.32 Å². The van der Waals surface area contributed by atoms with E-state index >= 15 is 0 Å². The Balaban J connectivity index is 0.00000162. The molecule has 1 aliphatic rings. The lowest BCUT2D eigenvalue weighted by atomic mass is 9.93. The standard InChI is InChI=1S/C12H13ClF3N.ClH/c13-8-4-5-9(10(7-8)12(14,15)16)11-3-1-2-6-17-11;/h4-5,7,11,17H,1-3,6H2;1H/t11-;/m1./s1. The van der Waals surface area contributed by atoms with Gasteiger partial charge in [-0.05, 0) is 37.1 Å². The molecule has 0 aliphatic carbocycles. The minimum Gasteiger partial charge on any atom is -0.310 e. The van der Waals surface area contributed by atoms with Gasteiger partial charge in [-0.3, -0.25) is 0 Å². The van der Waals surface area contributed by atoms with Crippen molar-refractivity contribution in [1.29, 1.82) is 0 Å². The second-order valence-electron chi connectivity index (χ2n) is 4.23. The maximum absolute atomic E-state index is 12.9. The highest BCUT2D eigenvalue weighted by Crippen LogP contribution is 2.38. The van der Waals surface area contributed by atoms with E-state index in [0.29, 0.717) is 5.56 Å². The topological polar surface area (TPSA) is 12.0 Å². The fourth-order valence-electron chi connectivity index (χ4n) is 2.20. The van der Waals surface area contributed by atoms with E-state index in [1.807, 2.05) is 0 Å². The summed E-state index contributed by atoms with van der Waals surface area (Å²) in [7, 11) is 0. The molecule has 1 N–H and O–H groups in total. The molecule has 1 heterocycles. The summed E-state index contributed by atoms with van der Waals surface area (Å²) in [6.07, 6.45) is -1.63. The van der Waals surface area contributed by atoms with Gasteiger partial charge in [-0.15, -0.1) is 12.4 Å². The quantitative estimate of drug-likeness (QED) is 0.799. The average molecular weight is 300 g/mol. The molecular weight excluding hydrogens is 286 g/mol. The molecular formula is C12H14Cl2F3N. The summed E-state index contributed by atoms with van der Waals surface area (Å²) in [5, 5.41) is 3.25. The van der Waals surface area contributed by atoms with E-state index in [1.165, 1.54) is 12.1 Å². The highest BCUT2D eigenvalue weighted by atomic mass is 35.5. The molecule has 1 nitrogen and oxygen atoms in total. The molecule has 1 fully saturated rings. The maximum Gasteiger partial charge on any atom is 0.416 e. The van der Waals surface area contributed by atoms with E-state index < -0.39 is 11.7 Å². The van der Waals surface area contributed by atoms with E-state index in [-0.39, 0.29) is 23.5 Å². The van der Waals surface area contributed by atoms with Crippen molar-refractivity contribution in [2.45, 2.75) is 31.5 Å². The van der Waals surface area contributed by atoms with Crippen LogP contribution in [0.5, 0.6) is 0 Å². The Morgan fingerprint density at radius 3 is 2.50 bits per heavy atom. The maximum atomic E-state index is 12.9. The molecule has 102 valence electrons. The van der Waals surface area contributed by atoms with Gasteiger partial charge in [-0.2, -0.15) is 13.2 Å². The smallest absolute Gasteiger partial charge is 0.310 e. The van der Waals surface area contributed by atoms with Crippen molar-refractivity contribution in [3.63, 3.8) is 0 Å². The Morgan fingerprint density at radius 2 is 1.94 bits per heavy atom. The Kier molecular flexibility index (Phi) is 5.32. The molecule has 6 heteroatoms. The molecule has 1 aromatic rings. The molecule has 1 aromatic carbocycles. The molecule has 1 saturated heterocycles. The molecule has 0 amide bonds. The summed E-state index contributed by atoms with van der Waals surface area (Å²) in [6.45, 7) is 0.768. The van der Waals surface area contributed by atoms with Crippen molar-refractivity contribution in [2.75, 3.05) is 6.54 Å². The summed E-state index contributed by atoms with van der Waals surface area (Å²) in [4.78, 5) is 0. The third-order valence-corrected chi connectivity index (χ3v) is 3.24. The number of alkyl halides is 3. The molecule has 18 heavy (non-hydrogen) atoms. The molecule has 1 atom stereocenters. The van der Waals surface area contributed by atoms with Gasteiger partial charge in [0.2, 0.25) is 0 Å². The minimum atomic E-state index is -4.35. The van der Waals surface area contributed by atoms with Crippen LogP contribution in [0.2, 0.25) is 5.02 Å². The zero-order valence-corrected chi connectivity index (χ0v) is 11.1. The van der Waals surface area contributed by atoms with Gasteiger partial charge >= 0.3 is 6.18 Å². The summed E-state index contributed by atoms with van der Waals surface area (Å²) in [5.41, 5.74) is -0.314. The van der Waals surface area contributed by atoms with Crippen LogP contribution in [0.25, 0.3) is 0 Å². The van der Waals surface area contributed by atoms with Gasteiger partial charge in [0.1, 0.15) is 0 Å². The first-order valence-electron chi connectivity index (χ1n) is 5.58. The second kappa shape index (κ2) is 6.13. The highest BCUT2D eigenvalue weighted by molar-refractivity contribution is 6.30. The van der Waals surface area contributed by atoms with Gasteiger partial charge in [0.25, 0.3) is 0 Å². The number of nitrogens with one attached hydrogen (secondary N) is 1. The van der Waals surface area contributed by atoms with Crippen LogP contribution in [-0.2, 0) is 6.18 Å². The number of halogens is 5. The molecule has 2 rings (SSSR count). The summed E-state index contributed by atoms with van der Waals surface area (Å²) in [5.74, 6) is 0. The lowest BCUT2D eigenvalue weighted by Crippen LogP contribution is -2.28. The van der Waals surface area contributed by atoms with Crippen LogP contribution >= 0.6 is 24.0 Å². The number of rotatable bonds is 1. The molecule has 0 spiro atoms. The summed E-state index contributed by atoms with van der Waals surface area (Å²) in [6, 6.07) is 3.79. The van der Waals surface area contributed by atoms with Crippen LogP contribution in [0.15, 0.2) is 18.2 Å². The Morgan fingerprint density at radius 1 is 1.22 bits per heavy atom. The summed E-state index contributed by atoms with van der Waals surface area (Å²) < 4.78 is 38.7. The third-order valence-electron chi connectivity index (χ3n) is 3.01. The van der Waals surface area contributed by atoms with Crippen molar-refractivity contribution in [2.24, 2.45) is 0 Å². The zero-order chi connectivity index (χ0) is 12.5. The second-order valence-corrected chi connectivity index (χ2v) is 4.67. The highest BCUT2D eigenvalue weighted by Gasteiger charge is 2.35. The predicted octanol–water partition coefficient (Wildman–Crippen LogP) is 4.60. The van der Waals surface area contributed by atoms with E-state index in [0.717, 1.165) is 31.9 Å². The molecule has 0 radical (unpaired) electrons. The predicted molar refractivity (Wildman–Crippen MR) is 68.3 cm³/mol. The normalized spacial score (nSPS) is 20.3. The molecule has 0 bridgehead atoms. The Labute approximate surface area is 115 Å². The largest absolute Gasteiger partial charge is 0.416 e. The van der Waals surface area contributed by atoms with Crippen LogP contribution in [0.1, 0.15) is 36.4 Å². The Bertz CT molecular complexity index is 401. The van der Waals surface area contributed by atoms with E-state index in [1.54, 1.807) is 0 Å². The third kappa shape index (κ3) is 3.53. The van der Waals surface area contributed by atoms with Gasteiger partial charge in [0.05, 0.1) is 5.56 Å². The minimum absolute atomic E-state index is 0. The van der Waals surface area contributed by atoms with Crippen molar-refractivity contribution in [1.82, 2.24) is 5.32 Å². The first kappa shape index (κ1) is 15.6. The number of hydrogen-bond acceptors (Lipinski definition) is 1. The van der Waals surface area contributed by atoms with Crippen LogP contribution in [0.3, 0.4) is 0 Å². The van der Waals surface area contributed by atoms with Gasteiger partial charge in [0, 0.05) is 11.1 Å². The Hall–Kier alpha value is -0.450. The molecule has 1 aliphatic heterocycles. The molecule has 0 unspecified atom stereocenters. The molecule has 0 saturated carbocycles. The number of benzene rings is 1. The number of hydrogen-bond donors (Lipinski definition) is 1. The SMILES string of the molecule is Cl.FC(F)(F)c1cc(Cl)ccc1[C@H]1CCCCN1. The van der Waals surface area contributed by atoms with Crippen LogP contribution in [0.4, 0.5) is 13.2 Å².